The fourth-order valence-electron chi connectivity index (χ4n) is 1.59. The van der Waals surface area contributed by atoms with Crippen molar-refractivity contribution in [2.75, 3.05) is 10.2 Å². The summed E-state index contributed by atoms with van der Waals surface area (Å²) in [5, 5.41) is 9.78. The predicted molar refractivity (Wildman–Crippen MR) is 85.7 cm³/mol. The van der Waals surface area contributed by atoms with E-state index in [4.69, 9.17) is 0 Å². The van der Waals surface area contributed by atoms with Crippen LogP contribution in [0.15, 0.2) is 32.9 Å². The maximum Gasteiger partial charge on any atom is 0.185 e. The molecule has 2 aromatic rings. The highest BCUT2D eigenvalue weighted by Crippen LogP contribution is 2.41. The van der Waals surface area contributed by atoms with E-state index in [9.17, 15) is 0 Å². The number of thiazole rings is 1. The van der Waals surface area contributed by atoms with Gasteiger partial charge in [-0.1, -0.05) is 11.8 Å². The Morgan fingerprint density at radius 2 is 2.33 bits per heavy atom. The summed E-state index contributed by atoms with van der Waals surface area (Å²) in [6.07, 6.45) is 2.11. The molecule has 0 amide bonds. The van der Waals surface area contributed by atoms with Crippen LogP contribution in [0.4, 0.5) is 10.1 Å². The molecule has 0 bridgehead atoms. The number of thiophene rings is 1. The summed E-state index contributed by atoms with van der Waals surface area (Å²) in [5.41, 5.74) is 1.21. The van der Waals surface area contributed by atoms with Crippen LogP contribution in [0.1, 0.15) is 5.69 Å². The molecule has 0 aromatic carbocycles. The number of thioether (sulfide) groups is 1. The Balaban J connectivity index is 1.79. The smallest absolute Gasteiger partial charge is 0.185 e. The molecule has 0 radical (unpaired) electrons. The minimum atomic E-state index is 0.156. The Hall–Kier alpha value is -0.500. The number of hydrogen-bond donors (Lipinski definition) is 1. The SMILES string of the molecule is Cc1csc(NC2SC(Br)=CN2c2cccs2)n1. The Labute approximate surface area is 126 Å². The van der Waals surface area contributed by atoms with Gasteiger partial charge in [-0.05, 0) is 40.4 Å². The van der Waals surface area contributed by atoms with Gasteiger partial charge >= 0.3 is 0 Å². The molecule has 1 atom stereocenters. The van der Waals surface area contributed by atoms with Crippen molar-refractivity contribution >= 4 is 60.5 Å². The van der Waals surface area contributed by atoms with Crippen molar-refractivity contribution in [3.05, 3.63) is 38.6 Å². The van der Waals surface area contributed by atoms with Gasteiger partial charge in [-0.3, -0.25) is 0 Å². The largest absolute Gasteiger partial charge is 0.332 e. The lowest BCUT2D eigenvalue weighted by atomic mass is 10.5. The number of aromatic nitrogens is 1. The van der Waals surface area contributed by atoms with Gasteiger partial charge in [0.2, 0.25) is 0 Å². The number of anilines is 2. The van der Waals surface area contributed by atoms with Crippen LogP contribution in [0.2, 0.25) is 0 Å². The maximum absolute atomic E-state index is 4.45. The molecule has 0 saturated carbocycles. The number of aryl methyl sites for hydroxylation is 1. The zero-order valence-electron chi connectivity index (χ0n) is 9.46. The van der Waals surface area contributed by atoms with Crippen LogP contribution >= 0.6 is 50.4 Å². The van der Waals surface area contributed by atoms with Crippen molar-refractivity contribution in [2.24, 2.45) is 0 Å². The number of nitrogens with one attached hydrogen (secondary N) is 1. The molecule has 2 aromatic heterocycles. The van der Waals surface area contributed by atoms with E-state index in [1.807, 2.05) is 6.92 Å². The Morgan fingerprint density at radius 3 is 3.00 bits per heavy atom. The van der Waals surface area contributed by atoms with Crippen molar-refractivity contribution in [2.45, 2.75) is 12.4 Å². The van der Waals surface area contributed by atoms with E-state index < -0.39 is 0 Å². The summed E-state index contributed by atoms with van der Waals surface area (Å²) < 4.78 is 1.13. The van der Waals surface area contributed by atoms with Gasteiger partial charge < -0.3 is 10.2 Å². The molecule has 0 fully saturated rings. The van der Waals surface area contributed by atoms with Crippen molar-refractivity contribution < 1.29 is 0 Å². The molecule has 94 valence electrons. The van der Waals surface area contributed by atoms with Crippen LogP contribution < -0.4 is 10.2 Å². The summed E-state index contributed by atoms with van der Waals surface area (Å²) in [6.45, 7) is 2.01. The normalized spacial score (nSPS) is 19.1. The molecule has 0 saturated heterocycles. The second kappa shape index (κ2) is 5.24. The van der Waals surface area contributed by atoms with Gasteiger partial charge in [0, 0.05) is 11.6 Å². The Morgan fingerprint density at radius 1 is 1.44 bits per heavy atom. The average Bonchev–Trinajstić information content (AvgIpc) is 3.01. The molecule has 18 heavy (non-hydrogen) atoms. The first-order valence-electron chi connectivity index (χ1n) is 5.27. The number of nitrogens with zero attached hydrogens (tertiary/aromatic N) is 2. The van der Waals surface area contributed by atoms with E-state index in [2.05, 4.69) is 60.2 Å². The lowest BCUT2D eigenvalue weighted by Crippen LogP contribution is -2.30. The third kappa shape index (κ3) is 2.59. The molecular weight excluding hydrogens is 350 g/mol. The first-order chi connectivity index (χ1) is 8.72. The molecular formula is C11H10BrN3S3. The van der Waals surface area contributed by atoms with Crippen LogP contribution in [0.25, 0.3) is 0 Å². The standard InChI is InChI=1S/C11H10BrN3S3/c1-7-6-17-10(13-7)14-11-15(5-8(12)18-11)9-3-2-4-16-9/h2-6,11H,1H3,(H,13,14). The van der Waals surface area contributed by atoms with E-state index in [-0.39, 0.29) is 5.50 Å². The quantitative estimate of drug-likeness (QED) is 0.862. The first kappa shape index (κ1) is 12.5. The van der Waals surface area contributed by atoms with Gasteiger partial charge in [-0.15, -0.1) is 22.7 Å². The molecule has 0 spiro atoms. The highest BCUT2D eigenvalue weighted by Gasteiger charge is 2.26. The number of rotatable bonds is 3. The predicted octanol–water partition coefficient (Wildman–Crippen LogP) is 4.66. The van der Waals surface area contributed by atoms with E-state index in [1.54, 1.807) is 34.4 Å². The highest BCUT2D eigenvalue weighted by molar-refractivity contribution is 9.14. The summed E-state index contributed by atoms with van der Waals surface area (Å²) in [5.74, 6) is 0. The van der Waals surface area contributed by atoms with Gasteiger partial charge in [0.15, 0.2) is 10.6 Å². The monoisotopic (exact) mass is 359 g/mol. The van der Waals surface area contributed by atoms with Crippen LogP contribution in [-0.4, -0.2) is 10.5 Å². The van der Waals surface area contributed by atoms with E-state index in [0.717, 1.165) is 14.6 Å². The number of halogens is 1. The molecule has 3 rings (SSSR count). The van der Waals surface area contributed by atoms with E-state index in [0.29, 0.717) is 0 Å². The highest BCUT2D eigenvalue weighted by atomic mass is 79.9. The van der Waals surface area contributed by atoms with Crippen molar-refractivity contribution in [3.8, 4) is 0 Å². The van der Waals surface area contributed by atoms with Gasteiger partial charge in [0.05, 0.1) is 14.5 Å². The second-order valence-electron chi connectivity index (χ2n) is 3.70. The van der Waals surface area contributed by atoms with Crippen molar-refractivity contribution in [1.29, 1.82) is 0 Å². The Bertz CT molecular complexity index is 564. The number of hydrogen-bond acceptors (Lipinski definition) is 6. The van der Waals surface area contributed by atoms with Crippen LogP contribution in [0.5, 0.6) is 0 Å². The van der Waals surface area contributed by atoms with Gasteiger partial charge in [0.1, 0.15) is 0 Å². The summed E-state index contributed by atoms with van der Waals surface area (Å²) in [6, 6.07) is 4.18. The third-order valence-electron chi connectivity index (χ3n) is 2.34. The van der Waals surface area contributed by atoms with Crippen molar-refractivity contribution in [3.63, 3.8) is 0 Å². The minimum Gasteiger partial charge on any atom is -0.332 e. The Kier molecular flexibility index (Phi) is 3.65. The minimum absolute atomic E-state index is 0.156. The topological polar surface area (TPSA) is 28.2 Å². The first-order valence-corrected chi connectivity index (χ1v) is 8.70. The average molecular weight is 360 g/mol. The van der Waals surface area contributed by atoms with Gasteiger partial charge in [-0.2, -0.15) is 0 Å². The second-order valence-corrected chi connectivity index (χ2v) is 7.99. The van der Waals surface area contributed by atoms with Gasteiger partial charge in [-0.25, -0.2) is 4.98 Å². The fraction of sp³-hybridized carbons (Fsp3) is 0.182. The van der Waals surface area contributed by atoms with E-state index >= 15 is 0 Å². The van der Waals surface area contributed by atoms with Gasteiger partial charge in [0.25, 0.3) is 0 Å². The molecule has 3 heterocycles. The lowest BCUT2D eigenvalue weighted by Gasteiger charge is -2.23. The van der Waals surface area contributed by atoms with Crippen LogP contribution in [-0.2, 0) is 0 Å². The molecule has 0 aliphatic carbocycles. The molecule has 3 nitrogen and oxygen atoms in total. The molecule has 1 aliphatic rings. The molecule has 1 unspecified atom stereocenters. The van der Waals surface area contributed by atoms with Crippen LogP contribution in [0.3, 0.4) is 0 Å². The molecule has 7 heteroatoms. The fourth-order valence-corrected chi connectivity index (χ4v) is 4.78. The molecule has 1 N–H and O–H groups in total. The summed E-state index contributed by atoms with van der Waals surface area (Å²) in [4.78, 5) is 6.67. The zero-order chi connectivity index (χ0) is 12.5. The van der Waals surface area contributed by atoms with Crippen LogP contribution in [0, 0.1) is 6.92 Å². The molecule has 1 aliphatic heterocycles. The summed E-state index contributed by atoms with van der Waals surface area (Å²) >= 11 is 8.67. The van der Waals surface area contributed by atoms with E-state index in [1.165, 1.54) is 5.00 Å². The lowest BCUT2D eigenvalue weighted by molar-refractivity contribution is 0.986. The maximum atomic E-state index is 4.45. The zero-order valence-corrected chi connectivity index (χ0v) is 13.5. The van der Waals surface area contributed by atoms with Crippen molar-refractivity contribution in [1.82, 2.24) is 4.98 Å². The summed E-state index contributed by atoms with van der Waals surface area (Å²) in [7, 11) is 0. The third-order valence-corrected chi connectivity index (χ3v) is 5.78.